The maximum absolute atomic E-state index is 11.2. The molecule has 1 rings (SSSR count). The molecule has 0 bridgehead atoms. The Morgan fingerprint density at radius 1 is 1.56 bits per heavy atom. The molecule has 1 unspecified atom stereocenters. The second-order valence-electron chi connectivity index (χ2n) is 4.73. The van der Waals surface area contributed by atoms with Gasteiger partial charge in [-0.1, -0.05) is 13.0 Å². The van der Waals surface area contributed by atoms with Gasteiger partial charge < -0.3 is 10.4 Å². The van der Waals surface area contributed by atoms with Crippen molar-refractivity contribution in [2.24, 2.45) is 5.41 Å². The molecule has 0 spiro atoms. The van der Waals surface area contributed by atoms with Crippen molar-refractivity contribution in [2.45, 2.75) is 27.2 Å². The number of aryl methyl sites for hydroxylation is 1. The monoisotopic (exact) mass is 246 g/mol. The Balaban J connectivity index is 2.90. The summed E-state index contributed by atoms with van der Waals surface area (Å²) in [4.78, 5) is 11.2. The fourth-order valence-electron chi connectivity index (χ4n) is 1.54. The number of carbonyl (C=O) groups is 1. The van der Waals surface area contributed by atoms with E-state index < -0.39 is 11.4 Å². The van der Waals surface area contributed by atoms with Gasteiger partial charge in [-0.15, -0.1) is 0 Å². The maximum Gasteiger partial charge on any atom is 0.311 e. The molecule has 0 aliphatic heterocycles. The minimum absolute atomic E-state index is 0.303. The highest BCUT2D eigenvalue weighted by Crippen LogP contribution is 2.24. The highest BCUT2D eigenvalue weighted by Gasteiger charge is 2.30. The van der Waals surface area contributed by atoms with Crippen LogP contribution in [0.5, 0.6) is 0 Å². The molecule has 0 aliphatic rings. The van der Waals surface area contributed by atoms with Gasteiger partial charge in [-0.25, -0.2) is 0 Å². The van der Waals surface area contributed by atoms with E-state index in [0.29, 0.717) is 24.2 Å². The third kappa shape index (κ3) is 3.01. The summed E-state index contributed by atoms with van der Waals surface area (Å²) in [5, 5.41) is 21.3. The van der Waals surface area contributed by atoms with Crippen molar-refractivity contribution in [3.8, 4) is 6.07 Å². The van der Waals surface area contributed by atoms with Crippen LogP contribution in [0.25, 0.3) is 0 Å². The molecule has 4 nitrogen and oxygen atoms in total. The van der Waals surface area contributed by atoms with Crippen LogP contribution in [0.2, 0.25) is 0 Å². The zero-order chi connectivity index (χ0) is 13.8. The summed E-state index contributed by atoms with van der Waals surface area (Å²) in [6.07, 6.45) is 0.531. The van der Waals surface area contributed by atoms with Crippen molar-refractivity contribution in [3.63, 3.8) is 0 Å². The minimum Gasteiger partial charge on any atom is -0.481 e. The molecule has 18 heavy (non-hydrogen) atoms. The van der Waals surface area contributed by atoms with Crippen molar-refractivity contribution in [1.82, 2.24) is 0 Å². The van der Waals surface area contributed by atoms with Crippen molar-refractivity contribution in [3.05, 3.63) is 29.3 Å². The summed E-state index contributed by atoms with van der Waals surface area (Å²) in [7, 11) is 0. The van der Waals surface area contributed by atoms with E-state index in [0.717, 1.165) is 5.56 Å². The van der Waals surface area contributed by atoms with Gasteiger partial charge in [0.15, 0.2) is 0 Å². The zero-order valence-corrected chi connectivity index (χ0v) is 10.9. The van der Waals surface area contributed by atoms with E-state index in [2.05, 4.69) is 11.4 Å². The lowest BCUT2D eigenvalue weighted by atomic mass is 9.87. The van der Waals surface area contributed by atoms with Crippen LogP contribution in [-0.2, 0) is 4.79 Å². The summed E-state index contributed by atoms with van der Waals surface area (Å²) in [6, 6.07) is 7.55. The molecule has 0 radical (unpaired) electrons. The minimum atomic E-state index is -0.830. The Hall–Kier alpha value is -2.02. The number of anilines is 1. The van der Waals surface area contributed by atoms with Crippen molar-refractivity contribution in [2.75, 3.05) is 11.9 Å². The standard InChI is InChI=1S/C14H18N2O2/c1-4-14(3,13(17)18)9-16-12-7-10(2)5-6-11(12)8-15/h5-7,16H,4,9H2,1-3H3,(H,17,18). The zero-order valence-electron chi connectivity index (χ0n) is 10.9. The van der Waals surface area contributed by atoms with Gasteiger partial charge in [0.25, 0.3) is 0 Å². The molecule has 4 heteroatoms. The molecule has 96 valence electrons. The summed E-state index contributed by atoms with van der Waals surface area (Å²) < 4.78 is 0. The number of carboxylic acids is 1. The molecule has 1 atom stereocenters. The van der Waals surface area contributed by atoms with Gasteiger partial charge in [-0.05, 0) is 38.0 Å². The van der Waals surface area contributed by atoms with Crippen LogP contribution in [0.4, 0.5) is 5.69 Å². The molecule has 0 saturated carbocycles. The van der Waals surface area contributed by atoms with Gasteiger partial charge in [-0.2, -0.15) is 5.26 Å². The molecular weight excluding hydrogens is 228 g/mol. The molecule has 2 N–H and O–H groups in total. The van der Waals surface area contributed by atoms with Crippen LogP contribution in [0.15, 0.2) is 18.2 Å². The Bertz CT molecular complexity index is 491. The molecule has 1 aromatic carbocycles. The quantitative estimate of drug-likeness (QED) is 0.837. The molecule has 0 aliphatic carbocycles. The van der Waals surface area contributed by atoms with Crippen LogP contribution in [0, 0.1) is 23.7 Å². The number of carboxylic acid groups (broad SMARTS) is 1. The fraction of sp³-hybridized carbons (Fsp3) is 0.429. The topological polar surface area (TPSA) is 73.1 Å². The number of nitrogens with zero attached hydrogens (tertiary/aromatic N) is 1. The average molecular weight is 246 g/mol. The highest BCUT2D eigenvalue weighted by molar-refractivity contribution is 5.75. The van der Waals surface area contributed by atoms with Gasteiger partial charge in [0.1, 0.15) is 6.07 Å². The van der Waals surface area contributed by atoms with E-state index >= 15 is 0 Å². The molecule has 0 aromatic heterocycles. The molecule has 0 fully saturated rings. The van der Waals surface area contributed by atoms with Crippen LogP contribution < -0.4 is 5.32 Å². The molecule has 0 saturated heterocycles. The van der Waals surface area contributed by atoms with Crippen LogP contribution in [-0.4, -0.2) is 17.6 Å². The van der Waals surface area contributed by atoms with Crippen molar-refractivity contribution < 1.29 is 9.90 Å². The third-order valence-corrected chi connectivity index (χ3v) is 3.26. The predicted octanol–water partition coefficient (Wildman–Crippen LogP) is 2.78. The highest BCUT2D eigenvalue weighted by atomic mass is 16.4. The van der Waals surface area contributed by atoms with Crippen LogP contribution in [0.3, 0.4) is 0 Å². The lowest BCUT2D eigenvalue weighted by molar-refractivity contribution is -0.147. The number of rotatable bonds is 5. The summed E-state index contributed by atoms with van der Waals surface area (Å²) >= 11 is 0. The Kier molecular flexibility index (Phi) is 4.33. The number of aliphatic carboxylic acids is 1. The summed E-state index contributed by atoms with van der Waals surface area (Å²) in [5.41, 5.74) is 1.43. The lowest BCUT2D eigenvalue weighted by Gasteiger charge is -2.24. The number of benzene rings is 1. The smallest absolute Gasteiger partial charge is 0.311 e. The number of hydrogen-bond acceptors (Lipinski definition) is 3. The van der Waals surface area contributed by atoms with E-state index in [4.69, 9.17) is 5.26 Å². The summed E-state index contributed by atoms with van der Waals surface area (Å²) in [6.45, 7) is 5.78. The first-order chi connectivity index (χ1) is 8.42. The van der Waals surface area contributed by atoms with Crippen molar-refractivity contribution in [1.29, 1.82) is 5.26 Å². The first-order valence-corrected chi connectivity index (χ1v) is 5.91. The van der Waals surface area contributed by atoms with Gasteiger partial charge >= 0.3 is 5.97 Å². The predicted molar refractivity (Wildman–Crippen MR) is 70.4 cm³/mol. The van der Waals surface area contributed by atoms with Gasteiger partial charge in [-0.3, -0.25) is 4.79 Å². The largest absolute Gasteiger partial charge is 0.481 e. The number of hydrogen-bond donors (Lipinski definition) is 2. The van der Waals surface area contributed by atoms with Gasteiger partial charge in [0.2, 0.25) is 0 Å². The lowest BCUT2D eigenvalue weighted by Crippen LogP contribution is -2.34. The SMILES string of the molecule is CCC(C)(CNc1cc(C)ccc1C#N)C(=O)O. The van der Waals surface area contributed by atoms with E-state index in [-0.39, 0.29) is 0 Å². The van der Waals surface area contributed by atoms with E-state index in [1.807, 2.05) is 26.0 Å². The maximum atomic E-state index is 11.2. The molecule has 0 amide bonds. The van der Waals surface area contributed by atoms with Gasteiger partial charge in [0, 0.05) is 6.54 Å². The number of nitrogens with one attached hydrogen (secondary N) is 1. The van der Waals surface area contributed by atoms with Crippen molar-refractivity contribution >= 4 is 11.7 Å². The molecular formula is C14H18N2O2. The van der Waals surface area contributed by atoms with Gasteiger partial charge in [0.05, 0.1) is 16.7 Å². The Morgan fingerprint density at radius 3 is 2.72 bits per heavy atom. The second kappa shape index (κ2) is 5.54. The fourth-order valence-corrected chi connectivity index (χ4v) is 1.54. The van der Waals surface area contributed by atoms with E-state index in [1.54, 1.807) is 13.0 Å². The van der Waals surface area contributed by atoms with E-state index in [9.17, 15) is 9.90 Å². The van der Waals surface area contributed by atoms with Crippen LogP contribution in [0.1, 0.15) is 31.4 Å². The summed E-state index contributed by atoms with van der Waals surface area (Å²) in [5.74, 6) is -0.830. The molecule has 0 heterocycles. The second-order valence-corrected chi connectivity index (χ2v) is 4.73. The Morgan fingerprint density at radius 2 is 2.22 bits per heavy atom. The normalized spacial score (nSPS) is 13.4. The average Bonchev–Trinajstić information content (AvgIpc) is 2.35. The van der Waals surface area contributed by atoms with Crippen LogP contribution >= 0.6 is 0 Å². The first-order valence-electron chi connectivity index (χ1n) is 5.91. The van der Waals surface area contributed by atoms with E-state index in [1.165, 1.54) is 0 Å². The third-order valence-electron chi connectivity index (χ3n) is 3.26. The number of nitriles is 1. The Labute approximate surface area is 107 Å². The molecule has 1 aromatic rings. The first kappa shape index (κ1) is 14.0.